The van der Waals surface area contributed by atoms with Gasteiger partial charge in [-0.05, 0) is 19.8 Å². The van der Waals surface area contributed by atoms with Gasteiger partial charge in [-0.25, -0.2) is 9.78 Å². The number of thiazole rings is 1. The molecule has 0 unspecified atom stereocenters. The molecule has 5 nitrogen and oxygen atoms in total. The Hall–Kier alpha value is -1.08. The first-order chi connectivity index (χ1) is 9.63. The number of thioether (sulfide) groups is 1. The lowest BCUT2D eigenvalue weighted by Gasteiger charge is -2.22. The van der Waals surface area contributed by atoms with E-state index in [-0.39, 0.29) is 23.7 Å². The Bertz CT molecular complexity index is 470. The first kappa shape index (κ1) is 15.3. The molecule has 2 N–H and O–H groups in total. The van der Waals surface area contributed by atoms with Gasteiger partial charge in [0.2, 0.25) is 5.91 Å². The molecule has 1 saturated carbocycles. The molecule has 2 rings (SSSR count). The van der Waals surface area contributed by atoms with Gasteiger partial charge in [0, 0.05) is 17.1 Å². The second kappa shape index (κ2) is 7.64. The van der Waals surface area contributed by atoms with Gasteiger partial charge in [0.25, 0.3) is 0 Å². The van der Waals surface area contributed by atoms with Crippen LogP contribution in [0.2, 0.25) is 0 Å². The number of hydrogen-bond acceptors (Lipinski definition) is 5. The number of hydrogen-bond donors (Lipinski definition) is 2. The fourth-order valence-electron chi connectivity index (χ4n) is 2.16. The first-order valence-electron chi connectivity index (χ1n) is 6.79. The van der Waals surface area contributed by atoms with Crippen molar-refractivity contribution in [1.82, 2.24) is 15.6 Å². The highest BCUT2D eigenvalue weighted by Crippen LogP contribution is 2.21. The van der Waals surface area contributed by atoms with Crippen molar-refractivity contribution in [1.29, 1.82) is 0 Å². The fraction of sp³-hybridized carbons (Fsp3) is 0.615. The van der Waals surface area contributed by atoms with Crippen molar-refractivity contribution in [2.45, 2.75) is 49.4 Å². The van der Waals surface area contributed by atoms with Crippen LogP contribution in [0.1, 0.15) is 37.8 Å². The van der Waals surface area contributed by atoms with Crippen LogP contribution in [0, 0.1) is 6.92 Å². The van der Waals surface area contributed by atoms with Crippen LogP contribution in [0.5, 0.6) is 0 Å². The molecule has 1 aliphatic rings. The highest BCUT2D eigenvalue weighted by molar-refractivity contribution is 8.01. The maximum Gasteiger partial charge on any atom is 0.321 e. The molecule has 0 aliphatic heterocycles. The zero-order chi connectivity index (χ0) is 14.4. The minimum atomic E-state index is -0.377. The Balaban J connectivity index is 1.66. The average molecular weight is 313 g/mol. The number of carbonyl (C=O) groups is 2. The Morgan fingerprint density at radius 1 is 1.40 bits per heavy atom. The predicted molar refractivity (Wildman–Crippen MR) is 81.1 cm³/mol. The third kappa shape index (κ3) is 5.13. The number of nitrogens with zero attached hydrogens (tertiary/aromatic N) is 1. The van der Waals surface area contributed by atoms with Gasteiger partial charge in [-0.15, -0.1) is 11.3 Å². The van der Waals surface area contributed by atoms with Crippen LogP contribution in [0.3, 0.4) is 0 Å². The fourth-order valence-corrected chi connectivity index (χ4v) is 3.81. The SMILES string of the molecule is Cc1csc(SCC(=O)NC(=O)NC2CCCCC2)n1. The molecule has 20 heavy (non-hydrogen) atoms. The maximum absolute atomic E-state index is 11.7. The molecule has 110 valence electrons. The van der Waals surface area contributed by atoms with Crippen molar-refractivity contribution in [3.05, 3.63) is 11.1 Å². The van der Waals surface area contributed by atoms with Crippen LogP contribution in [0.25, 0.3) is 0 Å². The van der Waals surface area contributed by atoms with E-state index in [2.05, 4.69) is 15.6 Å². The summed E-state index contributed by atoms with van der Waals surface area (Å²) in [6.07, 6.45) is 5.56. The third-order valence-corrected chi connectivity index (χ3v) is 5.26. The lowest BCUT2D eigenvalue weighted by molar-refractivity contribution is -0.117. The maximum atomic E-state index is 11.7. The van der Waals surface area contributed by atoms with E-state index in [0.29, 0.717) is 0 Å². The summed E-state index contributed by atoms with van der Waals surface area (Å²) in [5.74, 6) is -0.0680. The molecular formula is C13H19N3O2S2. The number of amides is 3. The van der Waals surface area contributed by atoms with Gasteiger partial charge in [0.15, 0.2) is 4.34 Å². The largest absolute Gasteiger partial charge is 0.335 e. The molecule has 0 aromatic carbocycles. The van der Waals surface area contributed by atoms with Crippen molar-refractivity contribution in [2.75, 3.05) is 5.75 Å². The standard InChI is InChI=1S/C13H19N3O2S2/c1-9-7-19-13(14-9)20-8-11(17)16-12(18)15-10-5-3-2-4-6-10/h7,10H,2-6,8H2,1H3,(H2,15,16,17,18). The Labute approximate surface area is 126 Å². The molecule has 0 atom stereocenters. The lowest BCUT2D eigenvalue weighted by atomic mass is 9.96. The van der Waals surface area contributed by atoms with Gasteiger partial charge < -0.3 is 5.32 Å². The second-order valence-electron chi connectivity index (χ2n) is 4.90. The van der Waals surface area contributed by atoms with E-state index in [1.165, 1.54) is 29.5 Å². The van der Waals surface area contributed by atoms with Gasteiger partial charge in [0.1, 0.15) is 0 Å². The summed E-state index contributed by atoms with van der Waals surface area (Å²) >= 11 is 2.86. The zero-order valence-electron chi connectivity index (χ0n) is 11.5. The topological polar surface area (TPSA) is 71.1 Å². The van der Waals surface area contributed by atoms with E-state index in [1.807, 2.05) is 12.3 Å². The lowest BCUT2D eigenvalue weighted by Crippen LogP contribution is -2.45. The first-order valence-corrected chi connectivity index (χ1v) is 8.65. The normalized spacial score (nSPS) is 15.8. The van der Waals surface area contributed by atoms with Crippen LogP contribution in [0.4, 0.5) is 4.79 Å². The third-order valence-electron chi connectivity index (χ3n) is 3.12. The summed E-state index contributed by atoms with van der Waals surface area (Å²) in [5.41, 5.74) is 0.952. The van der Waals surface area contributed by atoms with Gasteiger partial charge in [-0.1, -0.05) is 31.0 Å². The quantitative estimate of drug-likeness (QED) is 0.838. The van der Waals surface area contributed by atoms with Crippen LogP contribution >= 0.6 is 23.1 Å². The zero-order valence-corrected chi connectivity index (χ0v) is 13.1. The second-order valence-corrected chi connectivity index (χ2v) is 6.98. The molecule has 1 heterocycles. The minimum absolute atomic E-state index is 0.213. The molecule has 1 fully saturated rings. The number of nitrogens with one attached hydrogen (secondary N) is 2. The van der Waals surface area contributed by atoms with E-state index >= 15 is 0 Å². The van der Waals surface area contributed by atoms with Crippen LogP contribution in [-0.4, -0.2) is 28.7 Å². The van der Waals surface area contributed by atoms with Crippen LogP contribution < -0.4 is 10.6 Å². The predicted octanol–water partition coefficient (Wildman–Crippen LogP) is 2.70. The summed E-state index contributed by atoms with van der Waals surface area (Å²) in [6.45, 7) is 1.91. The van der Waals surface area contributed by atoms with Crippen molar-refractivity contribution in [3.8, 4) is 0 Å². The molecule has 0 spiro atoms. The van der Waals surface area contributed by atoms with Crippen molar-refractivity contribution >= 4 is 35.0 Å². The highest BCUT2D eigenvalue weighted by atomic mass is 32.2. The Morgan fingerprint density at radius 2 is 2.15 bits per heavy atom. The van der Waals surface area contributed by atoms with E-state index in [0.717, 1.165) is 35.7 Å². The molecule has 0 radical (unpaired) electrons. The van der Waals surface area contributed by atoms with Crippen molar-refractivity contribution in [2.24, 2.45) is 0 Å². The Kier molecular flexibility index (Phi) is 5.85. The molecule has 1 aromatic rings. The number of aryl methyl sites for hydroxylation is 1. The van der Waals surface area contributed by atoms with Gasteiger partial charge in [0.05, 0.1) is 5.75 Å². The molecule has 0 bridgehead atoms. The molecule has 0 saturated heterocycles. The molecule has 3 amide bonds. The Morgan fingerprint density at radius 3 is 2.80 bits per heavy atom. The molecule has 7 heteroatoms. The van der Waals surface area contributed by atoms with Crippen molar-refractivity contribution in [3.63, 3.8) is 0 Å². The summed E-state index contributed by atoms with van der Waals surface area (Å²) in [5, 5.41) is 7.17. The number of imide groups is 1. The van der Waals surface area contributed by atoms with Crippen molar-refractivity contribution < 1.29 is 9.59 Å². The van der Waals surface area contributed by atoms with E-state index in [4.69, 9.17) is 0 Å². The van der Waals surface area contributed by atoms with Crippen LogP contribution in [0.15, 0.2) is 9.72 Å². The highest BCUT2D eigenvalue weighted by Gasteiger charge is 2.17. The van der Waals surface area contributed by atoms with E-state index in [1.54, 1.807) is 0 Å². The smallest absolute Gasteiger partial charge is 0.321 e. The summed E-state index contributed by atoms with van der Waals surface area (Å²) in [4.78, 5) is 27.6. The van der Waals surface area contributed by atoms with Gasteiger partial charge in [-0.3, -0.25) is 10.1 Å². The summed E-state index contributed by atoms with van der Waals surface area (Å²) in [6, 6.07) is -0.163. The summed E-state index contributed by atoms with van der Waals surface area (Å²) < 4.78 is 0.852. The molecular weight excluding hydrogens is 294 g/mol. The average Bonchev–Trinajstić information content (AvgIpc) is 2.83. The number of urea groups is 1. The van der Waals surface area contributed by atoms with Gasteiger partial charge >= 0.3 is 6.03 Å². The number of carbonyl (C=O) groups excluding carboxylic acids is 2. The van der Waals surface area contributed by atoms with E-state index < -0.39 is 0 Å². The molecule has 1 aliphatic carbocycles. The van der Waals surface area contributed by atoms with Gasteiger partial charge in [-0.2, -0.15) is 0 Å². The summed E-state index contributed by atoms with van der Waals surface area (Å²) in [7, 11) is 0. The number of aromatic nitrogens is 1. The van der Waals surface area contributed by atoms with Crippen LogP contribution in [-0.2, 0) is 4.79 Å². The monoisotopic (exact) mass is 313 g/mol. The molecule has 1 aromatic heterocycles. The van der Waals surface area contributed by atoms with E-state index in [9.17, 15) is 9.59 Å². The number of rotatable bonds is 4. The minimum Gasteiger partial charge on any atom is -0.335 e.